The van der Waals surface area contributed by atoms with Gasteiger partial charge in [-0.2, -0.15) is 0 Å². The van der Waals surface area contributed by atoms with Crippen LogP contribution in [0, 0.1) is 0 Å². The maximum Gasteiger partial charge on any atom is 0.200 e. The van der Waals surface area contributed by atoms with Gasteiger partial charge in [-0.1, -0.05) is 65.7 Å². The number of hydrogen-bond donors (Lipinski definition) is 0. The first-order valence-electron chi connectivity index (χ1n) is 7.42. The van der Waals surface area contributed by atoms with E-state index in [1.165, 1.54) is 0 Å². The van der Waals surface area contributed by atoms with E-state index in [4.69, 9.17) is 34.8 Å². The number of ketones is 1. The van der Waals surface area contributed by atoms with Gasteiger partial charge in [0.1, 0.15) is 0 Å². The fraction of sp³-hybridized carbons (Fsp3) is 0.158. The first-order valence-corrected chi connectivity index (χ1v) is 8.61. The summed E-state index contributed by atoms with van der Waals surface area (Å²) in [5, 5.41) is 0.356. The summed E-state index contributed by atoms with van der Waals surface area (Å²) in [6.45, 7) is 1.59. The van der Waals surface area contributed by atoms with E-state index < -0.39 is 15.5 Å². The van der Waals surface area contributed by atoms with Crippen LogP contribution in [0.15, 0.2) is 60.8 Å². The minimum absolute atomic E-state index is 0.403. The Morgan fingerprint density at radius 1 is 1.04 bits per heavy atom. The van der Waals surface area contributed by atoms with Gasteiger partial charge >= 0.3 is 0 Å². The third kappa shape index (κ3) is 3.14. The molecule has 1 heterocycles. The highest BCUT2D eigenvalue weighted by molar-refractivity contribution is 6.63. The van der Waals surface area contributed by atoms with Crippen molar-refractivity contribution in [2.75, 3.05) is 0 Å². The molecule has 2 aromatic carbocycles. The molecule has 0 aliphatic carbocycles. The lowest BCUT2D eigenvalue weighted by Gasteiger charge is -2.20. The van der Waals surface area contributed by atoms with Gasteiger partial charge in [0.05, 0.1) is 10.9 Å². The van der Waals surface area contributed by atoms with Gasteiger partial charge in [0.15, 0.2) is 10.1 Å². The van der Waals surface area contributed by atoms with Gasteiger partial charge in [0, 0.05) is 17.1 Å². The molecule has 122 valence electrons. The predicted molar refractivity (Wildman–Crippen MR) is 101 cm³/mol. The van der Waals surface area contributed by atoms with Crippen molar-refractivity contribution in [2.45, 2.75) is 16.6 Å². The molecule has 0 fully saturated rings. The Hall–Kier alpha value is -1.61. The molecule has 1 unspecified atom stereocenters. The lowest BCUT2D eigenvalue weighted by Crippen LogP contribution is -2.34. The molecule has 1 atom stereocenters. The second kappa shape index (κ2) is 6.72. The average Bonchev–Trinajstić information content (AvgIpc) is 2.60. The van der Waals surface area contributed by atoms with Crippen LogP contribution in [-0.2, 0) is 0 Å². The SMILES string of the molecule is CC(Cl)C(Cl)(Cl)C(=O)c1ccc(-c2ccnc3ccccc23)cc1. The largest absolute Gasteiger partial charge is 0.291 e. The van der Waals surface area contributed by atoms with Crippen LogP contribution in [0.2, 0.25) is 0 Å². The van der Waals surface area contributed by atoms with Gasteiger partial charge in [0.2, 0.25) is 0 Å². The molecule has 24 heavy (non-hydrogen) atoms. The fourth-order valence-electron chi connectivity index (χ4n) is 2.52. The van der Waals surface area contributed by atoms with Crippen LogP contribution in [0.25, 0.3) is 22.0 Å². The molecular weight excluding hydrogens is 365 g/mol. The average molecular weight is 379 g/mol. The summed E-state index contributed by atoms with van der Waals surface area (Å²) in [4.78, 5) is 16.8. The molecule has 0 saturated heterocycles. The number of carbonyl (C=O) groups excluding carboxylic acids is 1. The van der Waals surface area contributed by atoms with Crippen LogP contribution >= 0.6 is 34.8 Å². The Kier molecular flexibility index (Phi) is 4.82. The molecule has 0 aliphatic rings. The number of Topliss-reactive ketones (excluding diaryl/α,β-unsaturated/α-hetero) is 1. The molecule has 0 spiro atoms. The van der Waals surface area contributed by atoms with Crippen molar-refractivity contribution in [1.82, 2.24) is 4.98 Å². The highest BCUT2D eigenvalue weighted by Gasteiger charge is 2.39. The predicted octanol–water partition coefficient (Wildman–Crippen LogP) is 5.89. The topological polar surface area (TPSA) is 30.0 Å². The molecule has 2 nitrogen and oxygen atoms in total. The van der Waals surface area contributed by atoms with Gasteiger partial charge in [0.25, 0.3) is 0 Å². The fourth-order valence-corrected chi connectivity index (χ4v) is 2.84. The van der Waals surface area contributed by atoms with Crippen molar-refractivity contribution in [3.63, 3.8) is 0 Å². The summed E-state index contributed by atoms with van der Waals surface area (Å²) < 4.78 is -1.65. The molecule has 3 aromatic rings. The first kappa shape index (κ1) is 17.2. The molecule has 0 bridgehead atoms. The van der Waals surface area contributed by atoms with Gasteiger partial charge in [-0.3, -0.25) is 9.78 Å². The highest BCUT2D eigenvalue weighted by atomic mass is 35.5. The van der Waals surface area contributed by atoms with E-state index in [0.29, 0.717) is 5.56 Å². The summed E-state index contributed by atoms with van der Waals surface area (Å²) in [5.74, 6) is -0.403. The maximum atomic E-state index is 12.4. The highest BCUT2D eigenvalue weighted by Crippen LogP contribution is 2.34. The Morgan fingerprint density at radius 3 is 2.38 bits per heavy atom. The number of hydrogen-bond acceptors (Lipinski definition) is 2. The second-order valence-electron chi connectivity index (χ2n) is 5.52. The smallest absolute Gasteiger partial charge is 0.200 e. The zero-order chi connectivity index (χ0) is 17.3. The molecule has 3 rings (SSSR count). The first-order chi connectivity index (χ1) is 11.4. The molecule has 0 N–H and O–H groups in total. The van der Waals surface area contributed by atoms with E-state index in [2.05, 4.69) is 4.98 Å². The molecule has 0 radical (unpaired) electrons. The minimum Gasteiger partial charge on any atom is -0.291 e. The lowest BCUT2D eigenvalue weighted by atomic mass is 9.98. The van der Waals surface area contributed by atoms with Crippen LogP contribution in [0.1, 0.15) is 17.3 Å². The monoisotopic (exact) mass is 377 g/mol. The van der Waals surface area contributed by atoms with E-state index in [-0.39, 0.29) is 0 Å². The number of para-hydroxylation sites is 1. The third-order valence-corrected chi connectivity index (χ3v) is 5.46. The number of benzene rings is 2. The quantitative estimate of drug-likeness (QED) is 0.419. The number of nitrogens with zero attached hydrogens (tertiary/aromatic N) is 1. The Labute approximate surface area is 155 Å². The number of carbonyl (C=O) groups is 1. The molecule has 0 aliphatic heterocycles. The normalized spacial score (nSPS) is 13.0. The lowest BCUT2D eigenvalue weighted by molar-refractivity contribution is 0.0972. The van der Waals surface area contributed by atoms with Crippen molar-refractivity contribution in [3.8, 4) is 11.1 Å². The van der Waals surface area contributed by atoms with Crippen molar-refractivity contribution < 1.29 is 4.79 Å². The number of halogens is 3. The number of alkyl halides is 3. The Morgan fingerprint density at radius 2 is 1.71 bits per heavy atom. The number of pyridine rings is 1. The van der Waals surface area contributed by atoms with Crippen LogP contribution in [0.5, 0.6) is 0 Å². The molecule has 0 saturated carbocycles. The van der Waals surface area contributed by atoms with Crippen LogP contribution in [-0.4, -0.2) is 20.5 Å². The third-order valence-electron chi connectivity index (χ3n) is 3.91. The number of fused-ring (bicyclic) bond motifs is 1. The maximum absolute atomic E-state index is 12.4. The van der Waals surface area contributed by atoms with Crippen LogP contribution in [0.3, 0.4) is 0 Å². The summed E-state index contributed by atoms with van der Waals surface area (Å²) >= 11 is 18.0. The summed E-state index contributed by atoms with van der Waals surface area (Å²) in [7, 11) is 0. The van der Waals surface area contributed by atoms with Crippen molar-refractivity contribution in [1.29, 1.82) is 0 Å². The van der Waals surface area contributed by atoms with E-state index in [1.807, 2.05) is 42.5 Å². The second-order valence-corrected chi connectivity index (χ2v) is 7.56. The zero-order valence-corrected chi connectivity index (χ0v) is 15.1. The van der Waals surface area contributed by atoms with Crippen LogP contribution < -0.4 is 0 Å². The van der Waals surface area contributed by atoms with Crippen LogP contribution in [0.4, 0.5) is 0 Å². The summed E-state index contributed by atoms with van der Waals surface area (Å²) in [5.41, 5.74) is 3.38. The van der Waals surface area contributed by atoms with Gasteiger partial charge < -0.3 is 0 Å². The van der Waals surface area contributed by atoms with E-state index in [1.54, 1.807) is 25.3 Å². The Bertz CT molecular complexity index is 883. The molecule has 0 amide bonds. The van der Waals surface area contributed by atoms with Gasteiger partial charge in [-0.05, 0) is 30.2 Å². The summed E-state index contributed by atoms with van der Waals surface area (Å²) in [6, 6.07) is 17.0. The molecular formula is C19H14Cl3NO. The Balaban J connectivity index is 1.99. The molecule has 1 aromatic heterocycles. The van der Waals surface area contributed by atoms with E-state index >= 15 is 0 Å². The summed E-state index contributed by atoms with van der Waals surface area (Å²) in [6.07, 6.45) is 1.77. The molecule has 5 heteroatoms. The number of aromatic nitrogens is 1. The van der Waals surface area contributed by atoms with Crippen molar-refractivity contribution in [3.05, 3.63) is 66.4 Å². The van der Waals surface area contributed by atoms with Gasteiger partial charge in [-0.25, -0.2) is 0 Å². The van der Waals surface area contributed by atoms with Gasteiger partial charge in [-0.15, -0.1) is 11.6 Å². The number of rotatable bonds is 4. The van der Waals surface area contributed by atoms with Crippen molar-refractivity contribution in [2.24, 2.45) is 0 Å². The van der Waals surface area contributed by atoms with E-state index in [9.17, 15) is 4.79 Å². The van der Waals surface area contributed by atoms with E-state index in [0.717, 1.165) is 22.0 Å². The van der Waals surface area contributed by atoms with Crippen molar-refractivity contribution >= 4 is 51.5 Å². The minimum atomic E-state index is -1.65. The zero-order valence-electron chi connectivity index (χ0n) is 12.8. The standard InChI is InChI=1S/C19H14Cl3NO/c1-12(20)19(21,22)18(24)14-8-6-13(7-9-14)15-10-11-23-17-5-3-2-4-16(15)17/h2-12H,1H3.